The lowest BCUT2D eigenvalue weighted by atomic mass is 10.2. The average molecular weight is 303 g/mol. The van der Waals surface area contributed by atoms with Crippen molar-refractivity contribution in [2.75, 3.05) is 13.1 Å². The molecule has 0 aliphatic carbocycles. The fourth-order valence-electron chi connectivity index (χ4n) is 2.13. The van der Waals surface area contributed by atoms with Crippen LogP contribution in [0.1, 0.15) is 44.6 Å². The van der Waals surface area contributed by atoms with Crippen LogP contribution in [-0.4, -0.2) is 35.0 Å². The Morgan fingerprint density at radius 1 is 1.09 bits per heavy atom. The van der Waals surface area contributed by atoms with Crippen LogP contribution in [0.5, 0.6) is 0 Å². The lowest BCUT2D eigenvalue weighted by molar-refractivity contribution is -0.138. The molecular formula is C18H25NO3. The van der Waals surface area contributed by atoms with Gasteiger partial charge in [0.25, 0.3) is 0 Å². The fraction of sp³-hybridized carbons (Fsp3) is 0.444. The summed E-state index contributed by atoms with van der Waals surface area (Å²) in [5.41, 5.74) is 0.958. The molecule has 4 nitrogen and oxygen atoms in total. The maximum absolute atomic E-state index is 12.2. The number of aliphatic carboxylic acids is 1. The van der Waals surface area contributed by atoms with Crippen molar-refractivity contribution in [2.45, 2.75) is 39.0 Å². The van der Waals surface area contributed by atoms with E-state index in [1.165, 1.54) is 6.08 Å². The molecule has 0 aliphatic heterocycles. The zero-order valence-electron chi connectivity index (χ0n) is 13.2. The average Bonchev–Trinajstić information content (AvgIpc) is 2.52. The van der Waals surface area contributed by atoms with Gasteiger partial charge in [-0.2, -0.15) is 0 Å². The largest absolute Gasteiger partial charge is 0.481 e. The summed E-state index contributed by atoms with van der Waals surface area (Å²) >= 11 is 0. The van der Waals surface area contributed by atoms with E-state index in [1.54, 1.807) is 11.0 Å². The third kappa shape index (κ3) is 7.62. The number of hydrogen-bond acceptors (Lipinski definition) is 2. The number of carboxylic acid groups (broad SMARTS) is 1. The molecular weight excluding hydrogens is 278 g/mol. The number of carboxylic acids is 1. The summed E-state index contributed by atoms with van der Waals surface area (Å²) in [4.78, 5) is 24.6. The van der Waals surface area contributed by atoms with Crippen molar-refractivity contribution >= 4 is 18.0 Å². The Labute approximate surface area is 132 Å². The van der Waals surface area contributed by atoms with Crippen LogP contribution >= 0.6 is 0 Å². The van der Waals surface area contributed by atoms with Gasteiger partial charge in [0.15, 0.2) is 0 Å². The van der Waals surface area contributed by atoms with Gasteiger partial charge >= 0.3 is 5.97 Å². The van der Waals surface area contributed by atoms with Gasteiger partial charge in [0.05, 0.1) is 6.42 Å². The van der Waals surface area contributed by atoms with E-state index in [1.807, 2.05) is 30.3 Å². The molecule has 120 valence electrons. The van der Waals surface area contributed by atoms with Crippen LogP contribution in [0.2, 0.25) is 0 Å². The maximum Gasteiger partial charge on any atom is 0.305 e. The second-order valence-corrected chi connectivity index (χ2v) is 5.27. The summed E-state index contributed by atoms with van der Waals surface area (Å²) in [6, 6.07) is 9.60. The second kappa shape index (κ2) is 10.6. The van der Waals surface area contributed by atoms with Crippen LogP contribution in [0.4, 0.5) is 0 Å². The Kier molecular flexibility index (Phi) is 8.65. The highest BCUT2D eigenvalue weighted by Gasteiger charge is 2.11. The topological polar surface area (TPSA) is 57.6 Å². The molecule has 0 saturated carbocycles. The van der Waals surface area contributed by atoms with Gasteiger partial charge in [0.2, 0.25) is 5.91 Å². The van der Waals surface area contributed by atoms with E-state index in [0.29, 0.717) is 6.54 Å². The molecule has 0 radical (unpaired) electrons. The summed E-state index contributed by atoms with van der Waals surface area (Å²) in [6.45, 7) is 3.01. The molecule has 1 aromatic rings. The van der Waals surface area contributed by atoms with E-state index in [4.69, 9.17) is 5.11 Å². The van der Waals surface area contributed by atoms with Crippen LogP contribution in [0.25, 0.3) is 6.08 Å². The first kappa shape index (κ1) is 18.0. The number of carbonyl (C=O) groups excluding carboxylic acids is 1. The number of nitrogens with zero attached hydrogens (tertiary/aromatic N) is 1. The summed E-state index contributed by atoms with van der Waals surface area (Å²) < 4.78 is 0. The lowest BCUT2D eigenvalue weighted by Gasteiger charge is -2.20. The molecule has 1 N–H and O–H groups in total. The predicted molar refractivity (Wildman–Crippen MR) is 88.5 cm³/mol. The van der Waals surface area contributed by atoms with Crippen molar-refractivity contribution < 1.29 is 14.7 Å². The molecule has 0 unspecified atom stereocenters. The molecule has 0 atom stereocenters. The minimum atomic E-state index is -0.876. The smallest absolute Gasteiger partial charge is 0.305 e. The van der Waals surface area contributed by atoms with Crippen molar-refractivity contribution in [1.82, 2.24) is 4.90 Å². The van der Waals surface area contributed by atoms with Gasteiger partial charge in [-0.1, -0.05) is 56.5 Å². The van der Waals surface area contributed by atoms with E-state index < -0.39 is 5.97 Å². The summed E-state index contributed by atoms with van der Waals surface area (Å²) in [6.07, 6.45) is 7.53. The Hall–Kier alpha value is -2.10. The number of hydrogen-bond donors (Lipinski definition) is 1. The van der Waals surface area contributed by atoms with Crippen LogP contribution in [-0.2, 0) is 9.59 Å². The Morgan fingerprint density at radius 3 is 2.45 bits per heavy atom. The zero-order valence-corrected chi connectivity index (χ0v) is 13.2. The Morgan fingerprint density at radius 2 is 1.82 bits per heavy atom. The highest BCUT2D eigenvalue weighted by molar-refractivity contribution is 5.92. The minimum absolute atomic E-state index is 0.0152. The van der Waals surface area contributed by atoms with E-state index in [0.717, 1.165) is 31.2 Å². The normalized spacial score (nSPS) is 10.8. The maximum atomic E-state index is 12.2. The summed E-state index contributed by atoms with van der Waals surface area (Å²) in [7, 11) is 0. The van der Waals surface area contributed by atoms with Crippen molar-refractivity contribution in [3.05, 3.63) is 42.0 Å². The molecule has 22 heavy (non-hydrogen) atoms. The van der Waals surface area contributed by atoms with Gasteiger partial charge in [0, 0.05) is 19.2 Å². The second-order valence-electron chi connectivity index (χ2n) is 5.27. The number of carbonyl (C=O) groups is 2. The number of unbranched alkanes of at least 4 members (excludes halogenated alkanes) is 3. The Bertz CT molecular complexity index is 482. The SMILES string of the molecule is CCCCCCN(CCC(=O)O)C(=O)/C=C/c1ccccc1. The predicted octanol–water partition coefficient (Wildman–Crippen LogP) is 3.58. The highest BCUT2D eigenvalue weighted by Crippen LogP contribution is 2.06. The van der Waals surface area contributed by atoms with Gasteiger partial charge in [-0.25, -0.2) is 0 Å². The first-order chi connectivity index (χ1) is 10.6. The van der Waals surface area contributed by atoms with Crippen molar-refractivity contribution in [2.24, 2.45) is 0 Å². The first-order valence-corrected chi connectivity index (χ1v) is 7.87. The molecule has 0 bridgehead atoms. The van der Waals surface area contributed by atoms with Crippen molar-refractivity contribution in [3.63, 3.8) is 0 Å². The van der Waals surface area contributed by atoms with E-state index in [2.05, 4.69) is 6.92 Å². The van der Waals surface area contributed by atoms with Gasteiger partial charge in [-0.15, -0.1) is 0 Å². The molecule has 1 aromatic carbocycles. The summed E-state index contributed by atoms with van der Waals surface area (Å²) in [5.74, 6) is -1.00. The van der Waals surface area contributed by atoms with E-state index in [9.17, 15) is 9.59 Å². The van der Waals surface area contributed by atoms with Crippen molar-refractivity contribution in [3.8, 4) is 0 Å². The number of rotatable bonds is 10. The lowest BCUT2D eigenvalue weighted by Crippen LogP contribution is -2.32. The molecule has 1 amide bonds. The monoisotopic (exact) mass is 303 g/mol. The molecule has 0 fully saturated rings. The third-order valence-corrected chi connectivity index (χ3v) is 3.41. The van der Waals surface area contributed by atoms with Gasteiger partial charge < -0.3 is 10.0 Å². The standard InChI is InChI=1S/C18H25NO3/c1-2-3-4-8-14-19(15-13-18(21)22)17(20)12-11-16-9-6-5-7-10-16/h5-7,9-12H,2-4,8,13-15H2,1H3,(H,21,22)/b12-11+. The molecule has 4 heteroatoms. The van der Waals surface area contributed by atoms with Crippen molar-refractivity contribution in [1.29, 1.82) is 0 Å². The molecule has 0 spiro atoms. The summed E-state index contributed by atoms with van der Waals surface area (Å²) in [5, 5.41) is 8.81. The van der Waals surface area contributed by atoms with Gasteiger partial charge in [-0.05, 0) is 18.1 Å². The zero-order chi connectivity index (χ0) is 16.2. The molecule has 0 heterocycles. The van der Waals surface area contributed by atoms with Crippen LogP contribution < -0.4 is 0 Å². The van der Waals surface area contributed by atoms with Crippen LogP contribution in [0, 0.1) is 0 Å². The quantitative estimate of drug-likeness (QED) is 0.531. The minimum Gasteiger partial charge on any atom is -0.481 e. The van der Waals surface area contributed by atoms with Gasteiger partial charge in [-0.3, -0.25) is 9.59 Å². The Balaban J connectivity index is 2.57. The molecule has 1 rings (SSSR count). The van der Waals surface area contributed by atoms with E-state index >= 15 is 0 Å². The molecule has 0 saturated heterocycles. The highest BCUT2D eigenvalue weighted by atomic mass is 16.4. The van der Waals surface area contributed by atoms with E-state index in [-0.39, 0.29) is 18.9 Å². The fourth-order valence-corrected chi connectivity index (χ4v) is 2.13. The molecule has 0 aliphatic rings. The number of benzene rings is 1. The van der Waals surface area contributed by atoms with Crippen LogP contribution in [0.15, 0.2) is 36.4 Å². The van der Waals surface area contributed by atoms with Gasteiger partial charge in [0.1, 0.15) is 0 Å². The number of amides is 1. The third-order valence-electron chi connectivity index (χ3n) is 3.41. The first-order valence-electron chi connectivity index (χ1n) is 7.87. The molecule has 0 aromatic heterocycles. The van der Waals surface area contributed by atoms with Crippen LogP contribution in [0.3, 0.4) is 0 Å².